The molecule has 1 atom stereocenters. The highest BCUT2D eigenvalue weighted by atomic mass is 16.5. The summed E-state index contributed by atoms with van der Waals surface area (Å²) in [5, 5.41) is 11.3. The number of likely N-dealkylation sites (tertiary alicyclic amines) is 1. The number of carbonyl (C=O) groups excluding carboxylic acids is 2. The molecule has 38 heavy (non-hydrogen) atoms. The fourth-order valence-corrected chi connectivity index (χ4v) is 4.99. The predicted octanol–water partition coefficient (Wildman–Crippen LogP) is 4.41. The van der Waals surface area contributed by atoms with E-state index < -0.39 is 17.7 Å². The maximum absolute atomic E-state index is 13.2. The lowest BCUT2D eigenvalue weighted by Gasteiger charge is -2.29. The van der Waals surface area contributed by atoms with Crippen molar-refractivity contribution in [2.45, 2.75) is 19.1 Å². The van der Waals surface area contributed by atoms with E-state index in [1.165, 1.54) is 0 Å². The van der Waals surface area contributed by atoms with Crippen LogP contribution < -0.4 is 4.74 Å². The van der Waals surface area contributed by atoms with Gasteiger partial charge in [-0.3, -0.25) is 14.5 Å². The zero-order valence-electron chi connectivity index (χ0n) is 21.3. The van der Waals surface area contributed by atoms with Gasteiger partial charge in [-0.05, 0) is 41.8 Å². The fourth-order valence-electron chi connectivity index (χ4n) is 4.99. The molecule has 7 heteroatoms. The van der Waals surface area contributed by atoms with Gasteiger partial charge in [-0.1, -0.05) is 60.7 Å². The summed E-state index contributed by atoms with van der Waals surface area (Å²) in [7, 11) is 0. The lowest BCUT2D eigenvalue weighted by Crippen LogP contribution is -2.38. The second-order valence-corrected chi connectivity index (χ2v) is 9.51. The minimum Gasteiger partial charge on any atom is -0.507 e. The zero-order chi connectivity index (χ0) is 26.3. The number of aliphatic hydroxyl groups is 1. The van der Waals surface area contributed by atoms with Gasteiger partial charge in [0, 0.05) is 31.7 Å². The van der Waals surface area contributed by atoms with E-state index in [9.17, 15) is 14.7 Å². The monoisotopic (exact) mass is 512 g/mol. The topological polar surface area (TPSA) is 79.3 Å². The van der Waals surface area contributed by atoms with E-state index in [-0.39, 0.29) is 11.3 Å². The SMILES string of the molecule is O=C1C(=O)N(CCCN2CCOCC2)C(c2ccccc2)/C1=C(\O)c1ccc(OCc2ccccc2)cc1. The fraction of sp³-hybridized carbons (Fsp3) is 0.290. The summed E-state index contributed by atoms with van der Waals surface area (Å²) >= 11 is 0. The normalized spacial score (nSPS) is 19.6. The summed E-state index contributed by atoms with van der Waals surface area (Å²) in [4.78, 5) is 30.3. The first-order chi connectivity index (χ1) is 18.6. The lowest BCUT2D eigenvalue weighted by molar-refractivity contribution is -0.140. The summed E-state index contributed by atoms with van der Waals surface area (Å²) in [6.07, 6.45) is 0.726. The average Bonchev–Trinajstić information content (AvgIpc) is 3.22. The van der Waals surface area contributed by atoms with Crippen LogP contribution in [0.15, 0.2) is 90.5 Å². The summed E-state index contributed by atoms with van der Waals surface area (Å²) in [5.41, 5.74) is 2.42. The van der Waals surface area contributed by atoms with Gasteiger partial charge < -0.3 is 19.5 Å². The Balaban J connectivity index is 1.37. The van der Waals surface area contributed by atoms with Gasteiger partial charge in [0.1, 0.15) is 18.1 Å². The Morgan fingerprint density at radius 3 is 2.21 bits per heavy atom. The van der Waals surface area contributed by atoms with Gasteiger partial charge >= 0.3 is 0 Å². The second kappa shape index (κ2) is 12.1. The third-order valence-electron chi connectivity index (χ3n) is 7.01. The molecule has 1 amide bonds. The van der Waals surface area contributed by atoms with Crippen molar-refractivity contribution < 1.29 is 24.2 Å². The molecular formula is C31H32N2O5. The molecule has 0 radical (unpaired) electrons. The number of benzene rings is 3. The molecule has 0 aromatic heterocycles. The van der Waals surface area contributed by atoms with E-state index >= 15 is 0 Å². The first-order valence-electron chi connectivity index (χ1n) is 13.0. The van der Waals surface area contributed by atoms with Gasteiger partial charge in [-0.2, -0.15) is 0 Å². The number of ether oxygens (including phenoxy) is 2. The molecule has 0 aliphatic carbocycles. The van der Waals surface area contributed by atoms with Crippen molar-refractivity contribution in [1.82, 2.24) is 9.80 Å². The molecule has 196 valence electrons. The number of hydrogen-bond acceptors (Lipinski definition) is 6. The van der Waals surface area contributed by atoms with Crippen molar-refractivity contribution in [3.05, 3.63) is 107 Å². The van der Waals surface area contributed by atoms with Crippen molar-refractivity contribution in [1.29, 1.82) is 0 Å². The number of aliphatic hydroxyl groups excluding tert-OH is 1. The Hall–Kier alpha value is -3.94. The molecule has 3 aromatic rings. The van der Waals surface area contributed by atoms with Crippen LogP contribution in [0.25, 0.3) is 5.76 Å². The van der Waals surface area contributed by atoms with Gasteiger partial charge in [-0.15, -0.1) is 0 Å². The van der Waals surface area contributed by atoms with Crippen LogP contribution in [0.4, 0.5) is 0 Å². The zero-order valence-corrected chi connectivity index (χ0v) is 21.3. The average molecular weight is 513 g/mol. The first kappa shape index (κ1) is 25.7. The Morgan fingerprint density at radius 2 is 1.53 bits per heavy atom. The highest BCUT2D eigenvalue weighted by molar-refractivity contribution is 6.46. The van der Waals surface area contributed by atoms with Crippen molar-refractivity contribution in [2.24, 2.45) is 0 Å². The highest BCUT2D eigenvalue weighted by Gasteiger charge is 2.45. The third-order valence-corrected chi connectivity index (χ3v) is 7.01. The van der Waals surface area contributed by atoms with Crippen LogP contribution in [-0.4, -0.2) is 66.0 Å². The molecule has 5 rings (SSSR count). The van der Waals surface area contributed by atoms with Gasteiger partial charge in [-0.25, -0.2) is 0 Å². The van der Waals surface area contributed by atoms with E-state index in [1.54, 1.807) is 29.2 Å². The molecule has 0 saturated carbocycles. The second-order valence-electron chi connectivity index (χ2n) is 9.51. The molecule has 2 saturated heterocycles. The van der Waals surface area contributed by atoms with Crippen LogP contribution in [-0.2, 0) is 20.9 Å². The molecule has 0 bridgehead atoms. The first-order valence-corrected chi connectivity index (χ1v) is 13.0. The van der Waals surface area contributed by atoms with Crippen molar-refractivity contribution in [3.8, 4) is 5.75 Å². The van der Waals surface area contributed by atoms with Gasteiger partial charge in [0.2, 0.25) is 0 Å². The van der Waals surface area contributed by atoms with E-state index in [4.69, 9.17) is 9.47 Å². The standard InChI is InChI=1S/C31H32N2O5/c34-29(25-12-14-26(15-13-25)38-22-23-8-3-1-4-9-23)27-28(24-10-5-2-6-11-24)33(31(36)30(27)35)17-7-16-32-18-20-37-21-19-32/h1-6,8-15,28,34H,7,16-22H2/b29-27+. The molecule has 2 fully saturated rings. The molecule has 7 nitrogen and oxygen atoms in total. The molecule has 2 aliphatic heterocycles. The summed E-state index contributed by atoms with van der Waals surface area (Å²) < 4.78 is 11.3. The highest BCUT2D eigenvalue weighted by Crippen LogP contribution is 2.39. The number of morpholine rings is 1. The van der Waals surface area contributed by atoms with E-state index in [0.717, 1.165) is 37.2 Å². The largest absolute Gasteiger partial charge is 0.507 e. The Kier molecular flexibility index (Phi) is 8.16. The Labute approximate surface area is 222 Å². The van der Waals surface area contributed by atoms with Crippen molar-refractivity contribution in [3.63, 3.8) is 0 Å². The van der Waals surface area contributed by atoms with E-state index in [2.05, 4.69) is 4.90 Å². The number of rotatable bonds is 9. The number of Topliss-reactive ketones (excluding diaryl/α,β-unsaturated/α-hetero) is 1. The van der Waals surface area contributed by atoms with Crippen LogP contribution in [0.1, 0.15) is 29.2 Å². The van der Waals surface area contributed by atoms with Crippen molar-refractivity contribution in [2.75, 3.05) is 39.4 Å². The van der Waals surface area contributed by atoms with Gasteiger partial charge in [0.05, 0.1) is 24.8 Å². The Bertz CT molecular complexity index is 1270. The molecular weight excluding hydrogens is 480 g/mol. The molecule has 2 aliphatic rings. The van der Waals surface area contributed by atoms with Crippen molar-refractivity contribution >= 4 is 17.4 Å². The quantitative estimate of drug-likeness (QED) is 0.260. The molecule has 2 heterocycles. The van der Waals surface area contributed by atoms with E-state index in [0.29, 0.717) is 37.7 Å². The number of ketones is 1. The maximum Gasteiger partial charge on any atom is 0.295 e. The third kappa shape index (κ3) is 5.79. The smallest absolute Gasteiger partial charge is 0.295 e. The lowest BCUT2D eigenvalue weighted by atomic mass is 9.95. The summed E-state index contributed by atoms with van der Waals surface area (Å²) in [6, 6.07) is 25.6. The van der Waals surface area contributed by atoms with Crippen LogP contribution in [0.5, 0.6) is 5.75 Å². The number of amides is 1. The maximum atomic E-state index is 13.2. The van der Waals surface area contributed by atoms with Crippen LogP contribution in [0.2, 0.25) is 0 Å². The minimum atomic E-state index is -0.660. The van der Waals surface area contributed by atoms with E-state index in [1.807, 2.05) is 60.7 Å². The van der Waals surface area contributed by atoms with Crippen LogP contribution >= 0.6 is 0 Å². The minimum absolute atomic E-state index is 0.116. The number of carbonyl (C=O) groups is 2. The predicted molar refractivity (Wildman–Crippen MR) is 145 cm³/mol. The summed E-state index contributed by atoms with van der Waals surface area (Å²) in [5.74, 6) is -0.770. The summed E-state index contributed by atoms with van der Waals surface area (Å²) in [6.45, 7) is 4.83. The molecule has 1 unspecified atom stereocenters. The van der Waals surface area contributed by atoms with Gasteiger partial charge in [0.15, 0.2) is 0 Å². The molecule has 1 N–H and O–H groups in total. The van der Waals surface area contributed by atoms with Crippen LogP contribution in [0.3, 0.4) is 0 Å². The number of nitrogens with zero attached hydrogens (tertiary/aromatic N) is 2. The molecule has 0 spiro atoms. The Morgan fingerprint density at radius 1 is 0.868 bits per heavy atom. The number of hydrogen-bond donors (Lipinski definition) is 1. The molecule has 3 aromatic carbocycles. The van der Waals surface area contributed by atoms with Crippen LogP contribution in [0, 0.1) is 0 Å². The van der Waals surface area contributed by atoms with Gasteiger partial charge in [0.25, 0.3) is 11.7 Å².